The molecule has 0 fully saturated rings. The van der Waals surface area contributed by atoms with Gasteiger partial charge in [-0.3, -0.25) is 0 Å². The molecular formula is C17H20O. The van der Waals surface area contributed by atoms with Crippen LogP contribution in [0.3, 0.4) is 0 Å². The first-order valence-corrected chi connectivity index (χ1v) is 6.51. The van der Waals surface area contributed by atoms with Crippen LogP contribution in [-0.4, -0.2) is 11.2 Å². The predicted molar refractivity (Wildman–Crippen MR) is 77.7 cm³/mol. The first-order valence-electron chi connectivity index (χ1n) is 6.51. The van der Waals surface area contributed by atoms with Crippen LogP contribution in [0, 0.1) is 0 Å². The number of rotatable bonds is 5. The molecule has 18 heavy (non-hydrogen) atoms. The molecule has 0 radical (unpaired) electrons. The van der Waals surface area contributed by atoms with E-state index in [-0.39, 0.29) is 6.10 Å². The summed E-state index contributed by atoms with van der Waals surface area (Å²) in [6.45, 7) is 6.02. The number of benzene rings is 2. The van der Waals surface area contributed by atoms with Crippen molar-refractivity contribution in [1.82, 2.24) is 0 Å². The van der Waals surface area contributed by atoms with E-state index in [1.165, 1.54) is 16.3 Å². The maximum absolute atomic E-state index is 10.0. The summed E-state index contributed by atoms with van der Waals surface area (Å²) < 4.78 is 0. The second kappa shape index (κ2) is 5.83. The van der Waals surface area contributed by atoms with E-state index in [9.17, 15) is 5.11 Å². The molecule has 1 N–H and O–H groups in total. The summed E-state index contributed by atoms with van der Waals surface area (Å²) in [6.07, 6.45) is 2.01. The lowest BCUT2D eigenvalue weighted by atomic mass is 9.99. The van der Waals surface area contributed by atoms with Gasteiger partial charge in [-0.25, -0.2) is 0 Å². The van der Waals surface area contributed by atoms with Crippen LogP contribution in [0.4, 0.5) is 0 Å². The van der Waals surface area contributed by atoms with Gasteiger partial charge in [0.2, 0.25) is 0 Å². The highest BCUT2D eigenvalue weighted by Gasteiger charge is 2.07. The van der Waals surface area contributed by atoms with E-state index in [2.05, 4.69) is 43.8 Å². The Hall–Kier alpha value is -1.60. The van der Waals surface area contributed by atoms with Crippen LogP contribution >= 0.6 is 0 Å². The molecule has 0 bridgehead atoms. The highest BCUT2D eigenvalue weighted by atomic mass is 16.3. The number of aliphatic hydroxyl groups excluding tert-OH is 1. The molecular weight excluding hydrogens is 220 g/mol. The molecule has 0 aliphatic heterocycles. The summed E-state index contributed by atoms with van der Waals surface area (Å²) in [4.78, 5) is 0. The smallest absolute Gasteiger partial charge is 0.0617 e. The van der Waals surface area contributed by atoms with Crippen molar-refractivity contribution in [1.29, 1.82) is 0 Å². The molecule has 1 atom stereocenters. The maximum atomic E-state index is 10.0. The maximum Gasteiger partial charge on any atom is 0.0617 e. The van der Waals surface area contributed by atoms with Gasteiger partial charge in [0.15, 0.2) is 0 Å². The molecule has 0 saturated heterocycles. The van der Waals surface area contributed by atoms with Crippen molar-refractivity contribution in [3.63, 3.8) is 0 Å². The average Bonchev–Trinajstić information content (AvgIpc) is 2.38. The number of hydrogen-bond donors (Lipinski definition) is 1. The average molecular weight is 240 g/mol. The van der Waals surface area contributed by atoms with E-state index in [0.29, 0.717) is 12.8 Å². The summed E-state index contributed by atoms with van der Waals surface area (Å²) in [5.41, 5.74) is 2.30. The van der Waals surface area contributed by atoms with Crippen LogP contribution in [0.1, 0.15) is 25.3 Å². The van der Waals surface area contributed by atoms with Crippen LogP contribution in [0.15, 0.2) is 54.6 Å². The van der Waals surface area contributed by atoms with Gasteiger partial charge in [0.1, 0.15) is 0 Å². The molecule has 0 heterocycles. The van der Waals surface area contributed by atoms with E-state index in [1.54, 1.807) is 0 Å². The minimum Gasteiger partial charge on any atom is -0.392 e. The van der Waals surface area contributed by atoms with Crippen molar-refractivity contribution < 1.29 is 5.11 Å². The number of fused-ring (bicyclic) bond motifs is 1. The first kappa shape index (κ1) is 12.8. The molecule has 1 heteroatoms. The van der Waals surface area contributed by atoms with E-state index < -0.39 is 0 Å². The summed E-state index contributed by atoms with van der Waals surface area (Å²) in [6, 6.07) is 14.7. The van der Waals surface area contributed by atoms with E-state index >= 15 is 0 Å². The highest BCUT2D eigenvalue weighted by molar-refractivity contribution is 5.82. The molecule has 1 unspecified atom stereocenters. The molecule has 94 valence electrons. The number of aliphatic hydroxyl groups is 1. The van der Waals surface area contributed by atoms with Crippen molar-refractivity contribution in [2.75, 3.05) is 0 Å². The third-order valence-electron chi connectivity index (χ3n) is 3.31. The molecule has 2 rings (SSSR count). The predicted octanol–water partition coefficient (Wildman–Crippen LogP) is 4.10. The Morgan fingerprint density at radius 3 is 2.61 bits per heavy atom. The third-order valence-corrected chi connectivity index (χ3v) is 3.31. The Morgan fingerprint density at radius 1 is 1.17 bits per heavy atom. The quantitative estimate of drug-likeness (QED) is 0.780. The van der Waals surface area contributed by atoms with Gasteiger partial charge in [0, 0.05) is 0 Å². The van der Waals surface area contributed by atoms with E-state index in [4.69, 9.17) is 0 Å². The zero-order valence-corrected chi connectivity index (χ0v) is 10.9. The van der Waals surface area contributed by atoms with E-state index in [0.717, 1.165) is 12.0 Å². The van der Waals surface area contributed by atoms with Gasteiger partial charge < -0.3 is 5.11 Å². The molecule has 0 aliphatic carbocycles. The zero-order chi connectivity index (χ0) is 13.0. The van der Waals surface area contributed by atoms with Gasteiger partial charge in [-0.05, 0) is 35.6 Å². The van der Waals surface area contributed by atoms with Crippen molar-refractivity contribution in [3.05, 3.63) is 60.2 Å². The lowest BCUT2D eigenvalue weighted by Crippen LogP contribution is -2.11. The van der Waals surface area contributed by atoms with Crippen molar-refractivity contribution in [2.24, 2.45) is 0 Å². The van der Waals surface area contributed by atoms with Gasteiger partial charge in [0.05, 0.1) is 6.10 Å². The van der Waals surface area contributed by atoms with E-state index in [1.807, 2.05) is 12.1 Å². The fraction of sp³-hybridized carbons (Fsp3) is 0.294. The Morgan fingerprint density at radius 2 is 1.89 bits per heavy atom. The lowest BCUT2D eigenvalue weighted by Gasteiger charge is -2.12. The Bertz CT molecular complexity index is 542. The minimum atomic E-state index is -0.321. The van der Waals surface area contributed by atoms with Gasteiger partial charge >= 0.3 is 0 Å². The largest absolute Gasteiger partial charge is 0.392 e. The van der Waals surface area contributed by atoms with Gasteiger partial charge in [-0.2, -0.15) is 0 Å². The normalized spacial score (nSPS) is 12.6. The van der Waals surface area contributed by atoms with Crippen LogP contribution in [0.2, 0.25) is 0 Å². The first-order chi connectivity index (χ1) is 8.69. The molecule has 0 saturated carbocycles. The van der Waals surface area contributed by atoms with Crippen molar-refractivity contribution in [2.45, 2.75) is 32.3 Å². The van der Waals surface area contributed by atoms with Gasteiger partial charge in [-0.1, -0.05) is 61.5 Å². The topological polar surface area (TPSA) is 20.2 Å². The third kappa shape index (κ3) is 3.21. The summed E-state index contributed by atoms with van der Waals surface area (Å²) in [7, 11) is 0. The van der Waals surface area contributed by atoms with Crippen LogP contribution < -0.4 is 0 Å². The van der Waals surface area contributed by atoms with Gasteiger partial charge in [-0.15, -0.1) is 0 Å². The molecule has 0 amide bonds. The second-order valence-electron chi connectivity index (χ2n) is 4.85. The molecule has 2 aromatic carbocycles. The van der Waals surface area contributed by atoms with Crippen molar-refractivity contribution in [3.8, 4) is 0 Å². The second-order valence-corrected chi connectivity index (χ2v) is 4.85. The summed E-state index contributed by atoms with van der Waals surface area (Å²) in [5.74, 6) is 0. The van der Waals surface area contributed by atoms with Crippen LogP contribution in [0.5, 0.6) is 0 Å². The molecule has 2 aromatic rings. The Kier molecular flexibility index (Phi) is 4.16. The van der Waals surface area contributed by atoms with Gasteiger partial charge in [0.25, 0.3) is 0 Å². The Balaban J connectivity index is 2.09. The van der Waals surface area contributed by atoms with Crippen molar-refractivity contribution >= 4 is 10.8 Å². The SMILES string of the molecule is C=C(CC)CC(O)Cc1ccc2ccccc2c1. The Labute approximate surface area is 109 Å². The highest BCUT2D eigenvalue weighted by Crippen LogP contribution is 2.18. The lowest BCUT2D eigenvalue weighted by molar-refractivity contribution is 0.174. The minimum absolute atomic E-state index is 0.321. The standard InChI is InChI=1S/C17H20O/c1-3-13(2)10-17(18)12-14-8-9-15-6-4-5-7-16(15)11-14/h4-9,11,17-18H,2-3,10,12H2,1H3. The zero-order valence-electron chi connectivity index (χ0n) is 10.9. The molecule has 1 nitrogen and oxygen atoms in total. The molecule has 0 aliphatic rings. The fourth-order valence-electron chi connectivity index (χ4n) is 2.19. The summed E-state index contributed by atoms with van der Waals surface area (Å²) in [5, 5.41) is 12.5. The van der Waals surface area contributed by atoms with Crippen LogP contribution in [-0.2, 0) is 6.42 Å². The fourth-order valence-corrected chi connectivity index (χ4v) is 2.19. The number of hydrogen-bond acceptors (Lipinski definition) is 1. The molecule has 0 spiro atoms. The monoisotopic (exact) mass is 240 g/mol. The summed E-state index contributed by atoms with van der Waals surface area (Å²) >= 11 is 0. The molecule has 0 aromatic heterocycles. The van der Waals surface area contributed by atoms with Crippen LogP contribution in [0.25, 0.3) is 10.8 Å².